The number of amides is 3. The molecule has 1 rings (SSSR count). The smallest absolute Gasteiger partial charge is 0.409 e. The maximum Gasteiger partial charge on any atom is 0.409 e. The zero-order valence-electron chi connectivity index (χ0n) is 8.74. The van der Waals surface area contributed by atoms with Crippen LogP contribution >= 0.6 is 0 Å². The van der Waals surface area contributed by atoms with E-state index in [-0.39, 0.29) is 11.9 Å². The maximum absolute atomic E-state index is 11.2. The van der Waals surface area contributed by atoms with E-state index in [0.717, 1.165) is 0 Å². The van der Waals surface area contributed by atoms with Crippen molar-refractivity contribution in [1.29, 1.82) is 0 Å². The third-order valence-electron chi connectivity index (χ3n) is 1.61. The predicted molar refractivity (Wildman–Crippen MR) is 53.9 cm³/mol. The number of urea groups is 1. The molecule has 3 N–H and O–H groups in total. The van der Waals surface area contributed by atoms with Crippen LogP contribution in [0.3, 0.4) is 0 Å². The van der Waals surface area contributed by atoms with E-state index in [2.05, 4.69) is 16.0 Å². The van der Waals surface area contributed by atoms with Gasteiger partial charge in [-0.2, -0.15) is 0 Å². The zero-order chi connectivity index (χ0) is 11.3. The summed E-state index contributed by atoms with van der Waals surface area (Å²) in [6.07, 6.45) is 2.02. The highest BCUT2D eigenvalue weighted by molar-refractivity contribution is 5.77. The molecule has 0 aromatic rings. The van der Waals surface area contributed by atoms with Crippen molar-refractivity contribution in [2.75, 3.05) is 6.61 Å². The van der Waals surface area contributed by atoms with Gasteiger partial charge in [0.1, 0.15) is 6.17 Å². The molecular formula is C9H15N3O3. The molecule has 6 nitrogen and oxygen atoms in total. The molecule has 3 amide bonds. The normalized spacial score (nSPS) is 19.4. The van der Waals surface area contributed by atoms with E-state index in [1.54, 1.807) is 6.08 Å². The molecule has 0 fully saturated rings. The second-order valence-corrected chi connectivity index (χ2v) is 3.59. The molecular weight excluding hydrogens is 198 g/mol. The van der Waals surface area contributed by atoms with Crippen LogP contribution in [0.5, 0.6) is 0 Å². The summed E-state index contributed by atoms with van der Waals surface area (Å²) in [6, 6.07) is -0.355. The molecule has 0 radical (unpaired) electrons. The number of alkyl carbamates (subject to hydrolysis) is 1. The van der Waals surface area contributed by atoms with E-state index >= 15 is 0 Å². The molecule has 0 spiro atoms. The molecule has 84 valence electrons. The van der Waals surface area contributed by atoms with Crippen LogP contribution < -0.4 is 16.0 Å². The fourth-order valence-corrected chi connectivity index (χ4v) is 0.946. The van der Waals surface area contributed by atoms with E-state index in [0.29, 0.717) is 6.61 Å². The highest BCUT2D eigenvalue weighted by Crippen LogP contribution is 1.94. The summed E-state index contributed by atoms with van der Waals surface area (Å²) >= 11 is 0. The highest BCUT2D eigenvalue weighted by Gasteiger charge is 2.15. The minimum atomic E-state index is -0.541. The first kappa shape index (κ1) is 11.4. The summed E-state index contributed by atoms with van der Waals surface area (Å²) in [6.45, 7) is 4.24. The van der Waals surface area contributed by atoms with Crippen molar-refractivity contribution in [3.05, 3.63) is 12.3 Å². The number of ether oxygens (including phenoxy) is 1. The lowest BCUT2D eigenvalue weighted by Crippen LogP contribution is -2.52. The average molecular weight is 213 g/mol. The molecule has 0 saturated carbocycles. The SMILES string of the molecule is CC(C)COC(=O)NC1C=CNC(=O)N1. The van der Waals surface area contributed by atoms with E-state index in [1.807, 2.05) is 13.8 Å². The summed E-state index contributed by atoms with van der Waals surface area (Å²) < 4.78 is 4.89. The van der Waals surface area contributed by atoms with Gasteiger partial charge in [0.25, 0.3) is 0 Å². The quantitative estimate of drug-likeness (QED) is 0.639. The molecule has 15 heavy (non-hydrogen) atoms. The van der Waals surface area contributed by atoms with Gasteiger partial charge in [-0.1, -0.05) is 13.8 Å². The Labute approximate surface area is 88.0 Å². The van der Waals surface area contributed by atoms with Crippen molar-refractivity contribution in [2.24, 2.45) is 5.92 Å². The van der Waals surface area contributed by atoms with Crippen molar-refractivity contribution < 1.29 is 14.3 Å². The van der Waals surface area contributed by atoms with Gasteiger partial charge < -0.3 is 15.4 Å². The summed E-state index contributed by atoms with van der Waals surface area (Å²) in [7, 11) is 0. The van der Waals surface area contributed by atoms with E-state index in [9.17, 15) is 9.59 Å². The Balaban J connectivity index is 2.28. The third-order valence-corrected chi connectivity index (χ3v) is 1.61. The van der Waals surface area contributed by atoms with E-state index < -0.39 is 12.3 Å². The first-order chi connectivity index (χ1) is 7.08. The lowest BCUT2D eigenvalue weighted by Gasteiger charge is -2.20. The molecule has 1 aliphatic rings. The van der Waals surface area contributed by atoms with Crippen molar-refractivity contribution in [3.63, 3.8) is 0 Å². The van der Waals surface area contributed by atoms with Crippen LogP contribution in [0.25, 0.3) is 0 Å². The summed E-state index contributed by atoms with van der Waals surface area (Å²) in [4.78, 5) is 22.0. The lowest BCUT2D eigenvalue weighted by molar-refractivity contribution is 0.130. The fourth-order valence-electron chi connectivity index (χ4n) is 0.946. The van der Waals surface area contributed by atoms with E-state index in [4.69, 9.17) is 4.74 Å². The van der Waals surface area contributed by atoms with Gasteiger partial charge in [0, 0.05) is 6.20 Å². The Morgan fingerprint density at radius 1 is 1.67 bits per heavy atom. The van der Waals surface area contributed by atoms with Gasteiger partial charge in [0.05, 0.1) is 6.61 Å². The van der Waals surface area contributed by atoms with Gasteiger partial charge in [0.15, 0.2) is 0 Å². The van der Waals surface area contributed by atoms with Crippen LogP contribution in [0.15, 0.2) is 12.3 Å². The summed E-state index contributed by atoms with van der Waals surface area (Å²) in [5, 5.41) is 7.38. The van der Waals surface area contributed by atoms with Gasteiger partial charge in [0.2, 0.25) is 0 Å². The van der Waals surface area contributed by atoms with E-state index in [1.165, 1.54) is 6.20 Å². The van der Waals surface area contributed by atoms with Crippen LogP contribution in [0.1, 0.15) is 13.8 Å². The number of rotatable bonds is 3. The molecule has 0 aromatic carbocycles. The number of carbonyl (C=O) groups is 2. The molecule has 0 aliphatic carbocycles. The zero-order valence-corrected chi connectivity index (χ0v) is 8.74. The van der Waals surface area contributed by atoms with Gasteiger partial charge in [-0.15, -0.1) is 0 Å². The molecule has 0 bridgehead atoms. The molecule has 0 saturated heterocycles. The lowest BCUT2D eigenvalue weighted by atomic mass is 10.2. The Hall–Kier alpha value is -1.72. The number of nitrogens with one attached hydrogen (secondary N) is 3. The Bertz CT molecular complexity index is 276. The minimum absolute atomic E-state index is 0.286. The number of hydrogen-bond acceptors (Lipinski definition) is 3. The van der Waals surface area contributed by atoms with Gasteiger partial charge in [-0.25, -0.2) is 9.59 Å². The summed E-state index contributed by atoms with van der Waals surface area (Å²) in [5.41, 5.74) is 0. The molecule has 6 heteroatoms. The Morgan fingerprint density at radius 3 is 3.00 bits per heavy atom. The average Bonchev–Trinajstić information content (AvgIpc) is 2.15. The third kappa shape index (κ3) is 4.35. The minimum Gasteiger partial charge on any atom is -0.449 e. The van der Waals surface area contributed by atoms with Crippen molar-refractivity contribution in [1.82, 2.24) is 16.0 Å². The highest BCUT2D eigenvalue weighted by atomic mass is 16.5. The first-order valence-electron chi connectivity index (χ1n) is 4.75. The standard InChI is InChI=1S/C9H15N3O3/c1-6(2)5-15-9(14)12-7-3-4-10-8(13)11-7/h3-4,6-7H,5H2,1-2H3,(H,12,14)(H2,10,11,13). The Kier molecular flexibility index (Phi) is 3.96. The maximum atomic E-state index is 11.2. The molecule has 1 heterocycles. The largest absolute Gasteiger partial charge is 0.449 e. The number of hydrogen-bond donors (Lipinski definition) is 3. The predicted octanol–water partition coefficient (Wildman–Crippen LogP) is 0.521. The molecule has 1 atom stereocenters. The van der Waals surface area contributed by atoms with Crippen LogP contribution in [0.2, 0.25) is 0 Å². The van der Waals surface area contributed by atoms with Gasteiger partial charge >= 0.3 is 12.1 Å². The van der Waals surface area contributed by atoms with Gasteiger partial charge in [-0.3, -0.25) is 5.32 Å². The summed E-state index contributed by atoms with van der Waals surface area (Å²) in [5.74, 6) is 0.286. The molecule has 1 unspecified atom stereocenters. The van der Waals surface area contributed by atoms with Crippen LogP contribution in [-0.4, -0.2) is 24.9 Å². The molecule has 0 aromatic heterocycles. The van der Waals surface area contributed by atoms with Crippen LogP contribution in [0.4, 0.5) is 9.59 Å². The monoisotopic (exact) mass is 213 g/mol. The van der Waals surface area contributed by atoms with Crippen molar-refractivity contribution >= 4 is 12.1 Å². The van der Waals surface area contributed by atoms with Gasteiger partial charge in [-0.05, 0) is 12.0 Å². The van der Waals surface area contributed by atoms with Crippen LogP contribution in [-0.2, 0) is 4.74 Å². The van der Waals surface area contributed by atoms with Crippen LogP contribution in [0, 0.1) is 5.92 Å². The van der Waals surface area contributed by atoms with Crippen molar-refractivity contribution in [3.8, 4) is 0 Å². The Morgan fingerprint density at radius 2 is 2.40 bits per heavy atom. The topological polar surface area (TPSA) is 79.5 Å². The molecule has 1 aliphatic heterocycles. The number of carbonyl (C=O) groups excluding carboxylic acids is 2. The second-order valence-electron chi connectivity index (χ2n) is 3.59. The fraction of sp³-hybridized carbons (Fsp3) is 0.556. The first-order valence-corrected chi connectivity index (χ1v) is 4.75. The second kappa shape index (κ2) is 5.23. The van der Waals surface area contributed by atoms with Crippen molar-refractivity contribution in [2.45, 2.75) is 20.0 Å².